The number of amides is 1. The molecule has 2 aromatic rings. The Hall–Kier alpha value is -1.89. The zero-order valence-electron chi connectivity index (χ0n) is 10.5. The van der Waals surface area contributed by atoms with Gasteiger partial charge in [0.05, 0.1) is 11.3 Å². The van der Waals surface area contributed by atoms with Crippen LogP contribution in [0.15, 0.2) is 54.6 Å². The van der Waals surface area contributed by atoms with Gasteiger partial charge in [-0.2, -0.15) is 0 Å². The van der Waals surface area contributed by atoms with E-state index in [2.05, 4.69) is 27.9 Å². The molecule has 5 heteroatoms. The van der Waals surface area contributed by atoms with Crippen molar-refractivity contribution in [2.75, 3.05) is 11.9 Å². The molecule has 0 heterocycles. The van der Waals surface area contributed by atoms with Crippen molar-refractivity contribution in [2.24, 2.45) is 0 Å². The lowest BCUT2D eigenvalue weighted by Crippen LogP contribution is -2.21. The third kappa shape index (κ3) is 4.06. The number of benzene rings is 2. The minimum Gasteiger partial charge on any atom is -0.452 e. The number of esters is 1. The molecule has 0 saturated heterocycles. The third-order valence-corrected chi connectivity index (χ3v) is 3.43. The first-order chi connectivity index (χ1) is 9.66. The van der Waals surface area contributed by atoms with Crippen LogP contribution in [0.2, 0.25) is 0 Å². The molecule has 20 heavy (non-hydrogen) atoms. The Bertz CT molecular complexity index is 614. The van der Waals surface area contributed by atoms with Crippen LogP contribution in [0.5, 0.6) is 0 Å². The lowest BCUT2D eigenvalue weighted by Gasteiger charge is -2.08. The van der Waals surface area contributed by atoms with Gasteiger partial charge in [0.15, 0.2) is 6.61 Å². The number of halogens is 1. The molecule has 0 saturated carbocycles. The fourth-order valence-electron chi connectivity index (χ4n) is 1.54. The number of carbonyl (C=O) groups is 2. The zero-order valence-corrected chi connectivity index (χ0v) is 12.7. The molecule has 0 unspecified atom stereocenters. The van der Waals surface area contributed by atoms with Gasteiger partial charge in [0.2, 0.25) is 0 Å². The molecule has 102 valence electrons. The lowest BCUT2D eigenvalue weighted by atomic mass is 10.2. The number of carbonyl (C=O) groups excluding carboxylic acids is 2. The number of nitrogens with one attached hydrogen (secondary N) is 1. The Balaban J connectivity index is 1.87. The summed E-state index contributed by atoms with van der Waals surface area (Å²) in [5.41, 5.74) is 1.13. The normalized spacial score (nSPS) is 9.85. The highest BCUT2D eigenvalue weighted by Gasteiger charge is 2.10. The van der Waals surface area contributed by atoms with Crippen LogP contribution >= 0.6 is 22.6 Å². The van der Waals surface area contributed by atoms with Crippen molar-refractivity contribution < 1.29 is 14.3 Å². The van der Waals surface area contributed by atoms with Crippen molar-refractivity contribution in [1.29, 1.82) is 0 Å². The van der Waals surface area contributed by atoms with E-state index in [1.165, 1.54) is 0 Å². The predicted molar refractivity (Wildman–Crippen MR) is 84.5 cm³/mol. The summed E-state index contributed by atoms with van der Waals surface area (Å²) < 4.78 is 5.87. The molecule has 0 aliphatic carbocycles. The highest BCUT2D eigenvalue weighted by molar-refractivity contribution is 14.1. The summed E-state index contributed by atoms with van der Waals surface area (Å²) >= 11 is 2.12. The number of anilines is 1. The Kier molecular flexibility index (Phi) is 5.11. The summed E-state index contributed by atoms with van der Waals surface area (Å²) in [6, 6.07) is 15.9. The van der Waals surface area contributed by atoms with Gasteiger partial charge in [0, 0.05) is 3.57 Å². The van der Waals surface area contributed by atoms with Gasteiger partial charge < -0.3 is 10.1 Å². The largest absolute Gasteiger partial charge is 0.452 e. The van der Waals surface area contributed by atoms with Crippen LogP contribution in [0.4, 0.5) is 5.69 Å². The topological polar surface area (TPSA) is 55.4 Å². The standard InChI is InChI=1S/C15H12INO3/c16-12-8-4-5-9-13(12)17-14(18)10-20-15(19)11-6-2-1-3-7-11/h1-9H,10H2,(H,17,18). The average molecular weight is 381 g/mol. The van der Waals surface area contributed by atoms with Crippen LogP contribution in [0, 0.1) is 3.57 Å². The Morgan fingerprint density at radius 1 is 1.00 bits per heavy atom. The van der Waals surface area contributed by atoms with E-state index >= 15 is 0 Å². The molecule has 1 amide bonds. The second-order valence-corrected chi connectivity index (χ2v) is 5.13. The van der Waals surface area contributed by atoms with Gasteiger partial charge >= 0.3 is 5.97 Å². The summed E-state index contributed by atoms with van der Waals surface area (Å²) in [7, 11) is 0. The summed E-state index contributed by atoms with van der Waals surface area (Å²) in [6.07, 6.45) is 0. The maximum Gasteiger partial charge on any atom is 0.338 e. The van der Waals surface area contributed by atoms with E-state index in [0.29, 0.717) is 11.3 Å². The minimum atomic E-state index is -0.511. The number of rotatable bonds is 4. The van der Waals surface area contributed by atoms with E-state index in [-0.39, 0.29) is 12.5 Å². The Morgan fingerprint density at radius 2 is 1.65 bits per heavy atom. The SMILES string of the molecule is O=C(COC(=O)c1ccccc1)Nc1ccccc1I. The second-order valence-electron chi connectivity index (χ2n) is 3.97. The smallest absolute Gasteiger partial charge is 0.338 e. The Morgan fingerprint density at radius 3 is 2.35 bits per heavy atom. The van der Waals surface area contributed by atoms with Gasteiger partial charge in [-0.1, -0.05) is 30.3 Å². The van der Waals surface area contributed by atoms with E-state index in [4.69, 9.17) is 4.74 Å². The summed E-state index contributed by atoms with van der Waals surface area (Å²) in [6.45, 7) is -0.307. The minimum absolute atomic E-state index is 0.307. The highest BCUT2D eigenvalue weighted by Crippen LogP contribution is 2.16. The molecule has 0 bridgehead atoms. The molecule has 0 aromatic heterocycles. The van der Waals surface area contributed by atoms with E-state index in [9.17, 15) is 9.59 Å². The zero-order chi connectivity index (χ0) is 14.4. The molecular weight excluding hydrogens is 369 g/mol. The molecule has 0 atom stereocenters. The summed E-state index contributed by atoms with van der Waals surface area (Å²) in [4.78, 5) is 23.4. The van der Waals surface area contributed by atoms with Gasteiger partial charge in [-0.25, -0.2) is 4.79 Å². The number of hydrogen-bond donors (Lipinski definition) is 1. The molecule has 0 aliphatic rings. The Labute approximate surface area is 130 Å². The van der Waals surface area contributed by atoms with Crippen LogP contribution in [0.1, 0.15) is 10.4 Å². The number of hydrogen-bond acceptors (Lipinski definition) is 3. The molecule has 2 aromatic carbocycles. The van der Waals surface area contributed by atoms with Crippen LogP contribution < -0.4 is 5.32 Å². The maximum atomic E-state index is 11.7. The van der Waals surface area contributed by atoms with Crippen molar-refractivity contribution >= 4 is 40.2 Å². The first-order valence-electron chi connectivity index (χ1n) is 5.93. The fourth-order valence-corrected chi connectivity index (χ4v) is 2.06. The van der Waals surface area contributed by atoms with Crippen molar-refractivity contribution in [3.8, 4) is 0 Å². The summed E-state index contributed by atoms with van der Waals surface area (Å²) in [5.74, 6) is -0.873. The van der Waals surface area contributed by atoms with Crippen molar-refractivity contribution in [3.05, 3.63) is 63.7 Å². The van der Waals surface area contributed by atoms with Crippen molar-refractivity contribution in [3.63, 3.8) is 0 Å². The van der Waals surface area contributed by atoms with Crippen LogP contribution in [0.3, 0.4) is 0 Å². The molecular formula is C15H12INO3. The molecule has 0 radical (unpaired) electrons. The van der Waals surface area contributed by atoms with Crippen LogP contribution in [-0.4, -0.2) is 18.5 Å². The van der Waals surface area contributed by atoms with E-state index < -0.39 is 5.97 Å². The average Bonchev–Trinajstić information content (AvgIpc) is 2.48. The van der Waals surface area contributed by atoms with E-state index in [1.807, 2.05) is 18.2 Å². The highest BCUT2D eigenvalue weighted by atomic mass is 127. The number of ether oxygens (including phenoxy) is 1. The van der Waals surface area contributed by atoms with Crippen molar-refractivity contribution in [1.82, 2.24) is 0 Å². The van der Waals surface area contributed by atoms with Gasteiger partial charge in [-0.3, -0.25) is 4.79 Å². The van der Waals surface area contributed by atoms with Gasteiger partial charge in [-0.05, 0) is 46.9 Å². The number of para-hydroxylation sites is 1. The molecule has 0 fully saturated rings. The van der Waals surface area contributed by atoms with Gasteiger partial charge in [0.25, 0.3) is 5.91 Å². The van der Waals surface area contributed by atoms with Gasteiger partial charge in [-0.15, -0.1) is 0 Å². The first-order valence-corrected chi connectivity index (χ1v) is 7.01. The second kappa shape index (κ2) is 7.04. The van der Waals surface area contributed by atoms with Crippen LogP contribution in [0.25, 0.3) is 0 Å². The van der Waals surface area contributed by atoms with E-state index in [1.54, 1.807) is 36.4 Å². The molecule has 0 spiro atoms. The quantitative estimate of drug-likeness (QED) is 0.654. The van der Waals surface area contributed by atoms with Crippen LogP contribution in [-0.2, 0) is 9.53 Å². The molecule has 4 nitrogen and oxygen atoms in total. The molecule has 2 rings (SSSR count). The van der Waals surface area contributed by atoms with Gasteiger partial charge in [0.1, 0.15) is 0 Å². The monoisotopic (exact) mass is 381 g/mol. The molecule has 0 aliphatic heterocycles. The molecule has 1 N–H and O–H groups in total. The van der Waals surface area contributed by atoms with E-state index in [0.717, 1.165) is 3.57 Å². The maximum absolute atomic E-state index is 11.7. The third-order valence-electron chi connectivity index (χ3n) is 2.49. The fraction of sp³-hybridized carbons (Fsp3) is 0.0667. The lowest BCUT2D eigenvalue weighted by molar-refractivity contribution is -0.119. The predicted octanol–water partition coefficient (Wildman–Crippen LogP) is 3.09. The van der Waals surface area contributed by atoms with Crippen molar-refractivity contribution in [2.45, 2.75) is 0 Å². The first kappa shape index (κ1) is 14.5. The summed E-state index contributed by atoms with van der Waals surface area (Å²) in [5, 5.41) is 2.69.